The molecule has 2 unspecified atom stereocenters. The number of hydrogen-bond donors (Lipinski definition) is 2. The lowest BCUT2D eigenvalue weighted by molar-refractivity contribution is -0.385. The first-order chi connectivity index (χ1) is 21.2. The Morgan fingerprint density at radius 1 is 1.27 bits per heavy atom. The maximum Gasteiger partial charge on any atom is 0.508 e. The molecular weight excluding hydrogens is 609 g/mol. The van der Waals surface area contributed by atoms with Crippen LogP contribution >= 0.6 is 7.87 Å². The summed E-state index contributed by atoms with van der Waals surface area (Å²) < 4.78 is 26.2. The number of nitrogens with zero attached hydrogens (tertiary/aromatic N) is 4. The van der Waals surface area contributed by atoms with Gasteiger partial charge in [-0.2, -0.15) is 9.79 Å². The van der Waals surface area contributed by atoms with Gasteiger partial charge in [-0.05, 0) is 34.6 Å². The summed E-state index contributed by atoms with van der Waals surface area (Å²) in [6, 6.07) is 7.95. The van der Waals surface area contributed by atoms with E-state index in [9.17, 15) is 34.7 Å². The van der Waals surface area contributed by atoms with Gasteiger partial charge in [0.1, 0.15) is 37.8 Å². The molecule has 1 aromatic carbocycles. The molecular formula is C29H41N5O10P+. The summed E-state index contributed by atoms with van der Waals surface area (Å²) in [4.78, 5) is 62.3. The van der Waals surface area contributed by atoms with Crippen LogP contribution in [0.25, 0.3) is 0 Å². The van der Waals surface area contributed by atoms with Gasteiger partial charge in [0.05, 0.1) is 17.4 Å². The second kappa shape index (κ2) is 15.6. The van der Waals surface area contributed by atoms with Crippen molar-refractivity contribution < 1.29 is 33.3 Å². The molecule has 0 amide bonds. The minimum atomic E-state index is -3.32. The van der Waals surface area contributed by atoms with Crippen molar-refractivity contribution in [1.82, 2.24) is 14.2 Å². The lowest BCUT2D eigenvalue weighted by Crippen LogP contribution is -2.40. The van der Waals surface area contributed by atoms with Crippen molar-refractivity contribution in [2.75, 3.05) is 19.4 Å². The van der Waals surface area contributed by atoms with Crippen molar-refractivity contribution in [3.8, 4) is 6.07 Å². The second-order valence-electron chi connectivity index (χ2n) is 11.4. The van der Waals surface area contributed by atoms with E-state index in [4.69, 9.17) is 18.7 Å². The highest BCUT2D eigenvalue weighted by atomic mass is 31.2. The van der Waals surface area contributed by atoms with Gasteiger partial charge in [0.2, 0.25) is 0 Å². The largest absolute Gasteiger partial charge is 0.508 e. The van der Waals surface area contributed by atoms with Crippen LogP contribution in [0.4, 0.5) is 10.5 Å². The SMILES string of the molecule is Cc1cn([C@H]2C[C@H](OC(=O)OCC(C)c3ccccc3[N+](=O)[O-])[C@@H](CO[P+](O)(CCC#N)N(C(C)C)C(C)C)O2)c(=O)[nH]c1=O. The highest BCUT2D eigenvalue weighted by molar-refractivity contribution is 7.63. The van der Waals surface area contributed by atoms with E-state index in [2.05, 4.69) is 4.98 Å². The zero-order valence-corrected chi connectivity index (χ0v) is 27.1. The van der Waals surface area contributed by atoms with Gasteiger partial charge in [0, 0.05) is 47.8 Å². The van der Waals surface area contributed by atoms with Crippen molar-refractivity contribution >= 4 is 19.7 Å². The van der Waals surface area contributed by atoms with Gasteiger partial charge in [-0.1, -0.05) is 25.1 Å². The number of rotatable bonds is 14. The van der Waals surface area contributed by atoms with Crippen LogP contribution < -0.4 is 11.2 Å². The molecule has 1 fully saturated rings. The Hall–Kier alpha value is -3.67. The first-order valence-electron chi connectivity index (χ1n) is 14.6. The maximum atomic E-state index is 12.9. The topological polar surface area (TPSA) is 199 Å². The summed E-state index contributed by atoms with van der Waals surface area (Å²) in [5.41, 5.74) is -0.718. The molecule has 1 aliphatic rings. The number of hydrogen-bond acceptors (Lipinski definition) is 12. The molecule has 1 aliphatic heterocycles. The van der Waals surface area contributed by atoms with E-state index in [1.54, 1.807) is 25.1 Å². The zero-order valence-electron chi connectivity index (χ0n) is 26.2. The molecule has 2 heterocycles. The summed E-state index contributed by atoms with van der Waals surface area (Å²) >= 11 is 0. The number of aryl methyl sites for hydroxylation is 1. The molecule has 2 aromatic rings. The summed E-state index contributed by atoms with van der Waals surface area (Å²) in [7, 11) is -3.32. The van der Waals surface area contributed by atoms with Crippen LogP contribution in [-0.4, -0.2) is 73.9 Å². The van der Waals surface area contributed by atoms with Crippen LogP contribution in [0.2, 0.25) is 0 Å². The number of nitriles is 1. The molecule has 0 saturated carbocycles. The Kier molecular flexibility index (Phi) is 12.4. The first kappa shape index (κ1) is 35.8. The highest BCUT2D eigenvalue weighted by Crippen LogP contribution is 2.61. The Bertz CT molecular complexity index is 1500. The molecule has 2 N–H and O–H groups in total. The number of benzene rings is 1. The number of ether oxygens (including phenoxy) is 3. The standard InChI is InChI=1S/C29H40N5O10P/c1-18(2)33(19(3)4)45(40,13-9-12-30)42-17-25-24(14-26(43-25)32-15-20(5)27(35)31-28(32)36)44-29(37)41-16-21(6)22-10-7-8-11-23(22)34(38)39/h7-8,10-11,15,18-19,21,24-26,40H,9,13-14,16-17H2,1-6H3/p+1/t21?,24-,25+,26+,45?/m0/s1. The average Bonchev–Trinajstić information content (AvgIpc) is 3.37. The number of aromatic amines is 1. The molecule has 0 aliphatic carbocycles. The number of nitro groups is 1. The monoisotopic (exact) mass is 650 g/mol. The smallest absolute Gasteiger partial charge is 0.434 e. The van der Waals surface area contributed by atoms with Gasteiger partial charge in [-0.25, -0.2) is 14.5 Å². The molecule has 0 spiro atoms. The third kappa shape index (κ3) is 8.96. The number of carbonyl (C=O) groups excluding carboxylic acids is 1. The molecule has 5 atom stereocenters. The van der Waals surface area contributed by atoms with Crippen LogP contribution in [0.3, 0.4) is 0 Å². The van der Waals surface area contributed by atoms with E-state index >= 15 is 0 Å². The van der Waals surface area contributed by atoms with Crippen molar-refractivity contribution in [3.63, 3.8) is 0 Å². The van der Waals surface area contributed by atoms with Gasteiger partial charge in [-0.15, -0.1) is 4.67 Å². The minimum Gasteiger partial charge on any atom is -0.434 e. The first-order valence-corrected chi connectivity index (χ1v) is 16.4. The van der Waals surface area contributed by atoms with E-state index in [0.29, 0.717) is 5.56 Å². The maximum absolute atomic E-state index is 12.9. The van der Waals surface area contributed by atoms with Crippen molar-refractivity contribution in [2.24, 2.45) is 0 Å². The van der Waals surface area contributed by atoms with Crippen molar-refractivity contribution in [2.45, 2.75) is 90.8 Å². The zero-order chi connectivity index (χ0) is 33.5. The highest BCUT2D eigenvalue weighted by Gasteiger charge is 2.51. The van der Waals surface area contributed by atoms with Gasteiger partial charge >= 0.3 is 19.7 Å². The van der Waals surface area contributed by atoms with Gasteiger partial charge in [0.25, 0.3) is 11.2 Å². The number of nitro benzene ring substituents is 1. The lowest BCUT2D eigenvalue weighted by atomic mass is 10.0. The molecule has 15 nitrogen and oxygen atoms in total. The molecule has 246 valence electrons. The van der Waals surface area contributed by atoms with Crippen LogP contribution in [-0.2, 0) is 18.7 Å². The summed E-state index contributed by atoms with van der Waals surface area (Å²) in [6.45, 7) is 10.4. The Labute approximate surface area is 261 Å². The molecule has 1 aromatic heterocycles. The molecule has 1 saturated heterocycles. The second-order valence-corrected chi connectivity index (χ2v) is 13.9. The molecule has 0 radical (unpaired) electrons. The van der Waals surface area contributed by atoms with Crippen LogP contribution in [0, 0.1) is 28.4 Å². The summed E-state index contributed by atoms with van der Waals surface area (Å²) in [5.74, 6) is -0.522. The van der Waals surface area contributed by atoms with Crippen LogP contribution in [0.1, 0.15) is 70.7 Å². The van der Waals surface area contributed by atoms with E-state index in [0.717, 1.165) is 0 Å². The third-order valence-corrected chi connectivity index (χ3v) is 10.4. The quantitative estimate of drug-likeness (QED) is 0.128. The summed E-state index contributed by atoms with van der Waals surface area (Å²) in [5, 5.41) is 20.7. The summed E-state index contributed by atoms with van der Waals surface area (Å²) in [6.07, 6.45) is -2.54. The van der Waals surface area contributed by atoms with Crippen molar-refractivity contribution in [3.05, 3.63) is 72.5 Å². The van der Waals surface area contributed by atoms with Crippen LogP contribution in [0.5, 0.6) is 0 Å². The number of H-pyrrole nitrogens is 1. The number of carbonyl (C=O) groups is 1. The number of aromatic nitrogens is 2. The predicted octanol–water partition coefficient (Wildman–Crippen LogP) is 4.17. The number of nitrogens with one attached hydrogen (secondary N) is 1. The fraction of sp³-hybridized carbons (Fsp3) is 0.586. The average molecular weight is 651 g/mol. The fourth-order valence-corrected chi connectivity index (χ4v) is 8.12. The predicted molar refractivity (Wildman–Crippen MR) is 165 cm³/mol. The van der Waals surface area contributed by atoms with Crippen molar-refractivity contribution in [1.29, 1.82) is 5.26 Å². The molecule has 16 heteroatoms. The van der Waals surface area contributed by atoms with Gasteiger partial charge in [-0.3, -0.25) is 24.5 Å². The normalized spacial score (nSPS) is 20.2. The van der Waals surface area contributed by atoms with E-state index in [1.807, 2.05) is 38.4 Å². The Morgan fingerprint density at radius 3 is 2.56 bits per heavy atom. The van der Waals surface area contributed by atoms with E-state index in [1.165, 1.54) is 23.8 Å². The van der Waals surface area contributed by atoms with Gasteiger partial charge < -0.3 is 14.2 Å². The minimum absolute atomic E-state index is 0.0125. The molecule has 3 rings (SSSR count). The van der Waals surface area contributed by atoms with Crippen LogP contribution in [0.15, 0.2) is 40.1 Å². The Balaban J connectivity index is 1.82. The molecule has 45 heavy (non-hydrogen) atoms. The van der Waals surface area contributed by atoms with E-state index < -0.39 is 54.5 Å². The fourth-order valence-electron chi connectivity index (χ4n) is 5.41. The van der Waals surface area contributed by atoms with Gasteiger partial charge in [0.15, 0.2) is 0 Å². The number of para-hydroxylation sites is 1. The third-order valence-electron chi connectivity index (χ3n) is 7.38. The molecule has 0 bridgehead atoms. The lowest BCUT2D eigenvalue weighted by Gasteiger charge is -2.35. The Morgan fingerprint density at radius 2 is 1.93 bits per heavy atom. The van der Waals surface area contributed by atoms with E-state index in [-0.39, 0.29) is 55.6 Å².